The minimum absolute atomic E-state index is 0.310. The van der Waals surface area contributed by atoms with Crippen LogP contribution >= 0.6 is 0 Å². The minimum atomic E-state index is -0.596. The van der Waals surface area contributed by atoms with Gasteiger partial charge in [-0.2, -0.15) is 0 Å². The summed E-state index contributed by atoms with van der Waals surface area (Å²) >= 11 is 0. The van der Waals surface area contributed by atoms with Crippen molar-refractivity contribution in [2.24, 2.45) is 0 Å². The van der Waals surface area contributed by atoms with Crippen LogP contribution in [-0.4, -0.2) is 54.6 Å². The Hall–Kier alpha value is -2.57. The molecule has 0 bridgehead atoms. The maximum Gasteiger partial charge on any atom is 0.325 e. The summed E-state index contributed by atoms with van der Waals surface area (Å²) in [6, 6.07) is 2.58. The van der Waals surface area contributed by atoms with Crippen LogP contribution in [0.1, 0.15) is 55.1 Å². The molecule has 0 spiro atoms. The average molecular weight is 390 g/mol. The molecule has 1 fully saturated rings. The van der Waals surface area contributed by atoms with E-state index in [0.717, 1.165) is 16.2 Å². The van der Waals surface area contributed by atoms with E-state index < -0.39 is 17.8 Å². The first-order valence-corrected chi connectivity index (χ1v) is 9.66. The van der Waals surface area contributed by atoms with Gasteiger partial charge in [-0.05, 0) is 44.4 Å². The molecule has 7 nitrogen and oxygen atoms in total. The summed E-state index contributed by atoms with van der Waals surface area (Å²) in [7, 11) is 2.47. The molecule has 1 aliphatic carbocycles. The van der Waals surface area contributed by atoms with Gasteiger partial charge in [-0.1, -0.05) is 19.3 Å². The van der Waals surface area contributed by atoms with Crippen LogP contribution in [0.3, 0.4) is 0 Å². The van der Waals surface area contributed by atoms with Gasteiger partial charge in [-0.15, -0.1) is 0 Å². The van der Waals surface area contributed by atoms with E-state index in [0.29, 0.717) is 6.04 Å². The summed E-state index contributed by atoms with van der Waals surface area (Å²) in [4.78, 5) is 36.8. The van der Waals surface area contributed by atoms with Gasteiger partial charge in [0.05, 0.1) is 14.2 Å². The molecule has 28 heavy (non-hydrogen) atoms. The highest BCUT2D eigenvalue weighted by Gasteiger charge is 2.21. The summed E-state index contributed by atoms with van der Waals surface area (Å²) in [6.07, 6.45) is 9.30. The van der Waals surface area contributed by atoms with Crippen molar-refractivity contribution >= 4 is 23.9 Å². The minimum Gasteiger partial charge on any atom is -0.468 e. The highest BCUT2D eigenvalue weighted by Crippen LogP contribution is 2.32. The van der Waals surface area contributed by atoms with E-state index >= 15 is 0 Å². The normalized spacial score (nSPS) is 14.9. The topological polar surface area (TPSA) is 77.8 Å². The Morgan fingerprint density at radius 2 is 1.64 bits per heavy atom. The van der Waals surface area contributed by atoms with Crippen molar-refractivity contribution in [2.45, 2.75) is 52.0 Å². The van der Waals surface area contributed by atoms with Crippen LogP contribution in [0.5, 0.6) is 0 Å². The van der Waals surface area contributed by atoms with E-state index in [9.17, 15) is 14.4 Å². The Morgan fingerprint density at radius 1 is 1.07 bits per heavy atom. The van der Waals surface area contributed by atoms with Crippen LogP contribution in [0.15, 0.2) is 12.1 Å². The van der Waals surface area contributed by atoms with Crippen LogP contribution in [0.2, 0.25) is 0 Å². The van der Waals surface area contributed by atoms with Gasteiger partial charge in [0.1, 0.15) is 13.1 Å². The first-order valence-electron chi connectivity index (χ1n) is 9.66. The molecular weight excluding hydrogens is 360 g/mol. The lowest BCUT2D eigenvalue weighted by molar-refractivity contribution is -0.150. The number of aromatic nitrogens is 1. The van der Waals surface area contributed by atoms with Crippen molar-refractivity contribution in [3.8, 4) is 0 Å². The molecule has 1 aliphatic rings. The Labute approximate surface area is 166 Å². The van der Waals surface area contributed by atoms with E-state index in [1.54, 1.807) is 6.08 Å². The molecule has 0 atom stereocenters. The van der Waals surface area contributed by atoms with E-state index in [1.807, 2.05) is 0 Å². The molecule has 154 valence electrons. The van der Waals surface area contributed by atoms with Gasteiger partial charge in [0.15, 0.2) is 0 Å². The molecule has 1 aromatic rings. The van der Waals surface area contributed by atoms with Gasteiger partial charge in [0, 0.05) is 23.5 Å². The van der Waals surface area contributed by atoms with Crippen molar-refractivity contribution in [1.82, 2.24) is 9.47 Å². The van der Waals surface area contributed by atoms with Crippen LogP contribution in [0.4, 0.5) is 0 Å². The lowest BCUT2D eigenvalue weighted by Gasteiger charge is -2.26. The Kier molecular flexibility index (Phi) is 7.84. The van der Waals surface area contributed by atoms with Crippen molar-refractivity contribution < 1.29 is 23.9 Å². The molecule has 0 N–H and O–H groups in total. The van der Waals surface area contributed by atoms with Crippen molar-refractivity contribution in [3.63, 3.8) is 0 Å². The zero-order valence-corrected chi connectivity index (χ0v) is 17.2. The second-order valence-corrected chi connectivity index (χ2v) is 7.17. The Balaban J connectivity index is 2.16. The Morgan fingerprint density at radius 3 is 2.18 bits per heavy atom. The fraction of sp³-hybridized carbons (Fsp3) is 0.571. The summed E-state index contributed by atoms with van der Waals surface area (Å²) < 4.78 is 11.6. The van der Waals surface area contributed by atoms with E-state index in [4.69, 9.17) is 0 Å². The number of rotatable bonds is 7. The number of carbonyl (C=O) groups is 3. The molecule has 0 unspecified atom stereocenters. The smallest absolute Gasteiger partial charge is 0.325 e. The monoisotopic (exact) mass is 390 g/mol. The van der Waals surface area contributed by atoms with Crippen molar-refractivity contribution in [3.05, 3.63) is 29.1 Å². The molecule has 1 aromatic heterocycles. The van der Waals surface area contributed by atoms with Crippen LogP contribution < -0.4 is 0 Å². The average Bonchev–Trinajstić information content (AvgIpc) is 2.99. The fourth-order valence-electron chi connectivity index (χ4n) is 3.79. The third-order valence-electron chi connectivity index (χ3n) is 5.28. The molecule has 0 saturated heterocycles. The molecule has 2 rings (SSSR count). The predicted molar refractivity (Wildman–Crippen MR) is 106 cm³/mol. The van der Waals surface area contributed by atoms with Gasteiger partial charge in [0.25, 0.3) is 0 Å². The van der Waals surface area contributed by atoms with Gasteiger partial charge in [-0.25, -0.2) is 0 Å². The fourth-order valence-corrected chi connectivity index (χ4v) is 3.79. The Bertz CT molecular complexity index is 726. The van der Waals surface area contributed by atoms with Crippen LogP contribution in [0, 0.1) is 13.8 Å². The lowest BCUT2D eigenvalue weighted by Crippen LogP contribution is -2.39. The molecule has 0 radical (unpaired) electrons. The quantitative estimate of drug-likeness (QED) is 0.528. The predicted octanol–water partition coefficient (Wildman–Crippen LogP) is 2.80. The number of hydrogen-bond donors (Lipinski definition) is 0. The number of ether oxygens (including phenoxy) is 2. The van der Waals surface area contributed by atoms with Gasteiger partial charge in [-0.3, -0.25) is 14.4 Å². The number of nitrogens with zero attached hydrogens (tertiary/aromatic N) is 2. The maximum absolute atomic E-state index is 12.5. The van der Waals surface area contributed by atoms with Crippen molar-refractivity contribution in [1.29, 1.82) is 0 Å². The van der Waals surface area contributed by atoms with Gasteiger partial charge >= 0.3 is 11.9 Å². The van der Waals surface area contributed by atoms with Gasteiger partial charge < -0.3 is 18.9 Å². The van der Waals surface area contributed by atoms with Crippen molar-refractivity contribution in [2.75, 3.05) is 27.3 Å². The zero-order valence-electron chi connectivity index (χ0n) is 17.2. The standard InChI is InChI=1S/C21H30N2O5/c1-15-12-17(16(2)23(15)18-8-6-5-7-9-18)10-11-19(24)22(13-20(25)27-3)14-21(26)28-4/h10-12,18H,5-9,13-14H2,1-4H3/b11-10+. The summed E-state index contributed by atoms with van der Waals surface area (Å²) in [5.74, 6) is -1.64. The summed E-state index contributed by atoms with van der Waals surface area (Å²) in [5.41, 5.74) is 3.27. The molecule has 0 aliphatic heterocycles. The number of methoxy groups -OCH3 is 2. The first-order chi connectivity index (χ1) is 13.4. The molecule has 1 saturated carbocycles. The second-order valence-electron chi connectivity index (χ2n) is 7.17. The number of amides is 1. The third-order valence-corrected chi connectivity index (χ3v) is 5.28. The van der Waals surface area contributed by atoms with Crippen LogP contribution in [-0.2, 0) is 23.9 Å². The van der Waals surface area contributed by atoms with E-state index in [1.165, 1.54) is 58.1 Å². The highest BCUT2D eigenvalue weighted by atomic mass is 16.5. The van der Waals surface area contributed by atoms with Gasteiger partial charge in [0.2, 0.25) is 5.91 Å². The molecule has 7 heteroatoms. The molecular formula is C21H30N2O5. The molecule has 1 heterocycles. The number of hydrogen-bond acceptors (Lipinski definition) is 5. The zero-order chi connectivity index (χ0) is 20.7. The second kappa shape index (κ2) is 10.1. The molecule has 0 aromatic carbocycles. The SMILES string of the molecule is COC(=O)CN(CC(=O)OC)C(=O)/C=C/c1cc(C)n(C2CCCCC2)c1C. The molecule has 1 amide bonds. The summed E-state index contributed by atoms with van der Waals surface area (Å²) in [5, 5.41) is 0. The number of aryl methyl sites for hydroxylation is 1. The first kappa shape index (κ1) is 21.7. The number of esters is 2. The maximum atomic E-state index is 12.5. The van der Waals surface area contributed by atoms with Crippen LogP contribution in [0.25, 0.3) is 6.08 Å². The van der Waals surface area contributed by atoms with E-state index in [2.05, 4.69) is 34.0 Å². The highest BCUT2D eigenvalue weighted by molar-refractivity contribution is 5.95. The summed E-state index contributed by atoms with van der Waals surface area (Å²) in [6.45, 7) is 3.53. The number of carbonyl (C=O) groups excluding carboxylic acids is 3. The third kappa shape index (κ3) is 5.47. The largest absolute Gasteiger partial charge is 0.468 e. The lowest BCUT2D eigenvalue weighted by atomic mass is 9.95. The van der Waals surface area contributed by atoms with E-state index in [-0.39, 0.29) is 13.1 Å².